The molecule has 0 atom stereocenters. The minimum atomic E-state index is -1.08. The second kappa shape index (κ2) is 6.54. The molecule has 0 bridgehead atoms. The molecule has 0 radical (unpaired) electrons. The fourth-order valence-electron chi connectivity index (χ4n) is 5.19. The molecule has 134 valence electrons. The van der Waals surface area contributed by atoms with E-state index in [0.717, 1.165) is 77.0 Å². The van der Waals surface area contributed by atoms with Crippen LogP contribution in [0.15, 0.2) is 0 Å². The Kier molecular flexibility index (Phi) is 4.41. The predicted molar refractivity (Wildman–Crippen MR) is 89.1 cm³/mol. The van der Waals surface area contributed by atoms with Crippen LogP contribution in [-0.4, -0.2) is 56.3 Å². The summed E-state index contributed by atoms with van der Waals surface area (Å²) in [5.74, 6) is 0. The third kappa shape index (κ3) is 2.59. The number of carbonyl (C=O) groups is 2. The number of amides is 4. The Bertz CT molecular complexity index is 458. The van der Waals surface area contributed by atoms with Gasteiger partial charge < -0.3 is 5.11 Å². The molecule has 0 aromatic rings. The quantitative estimate of drug-likeness (QED) is 0.861. The summed E-state index contributed by atoms with van der Waals surface area (Å²) in [5.41, 5.74) is 0. The van der Waals surface area contributed by atoms with Crippen LogP contribution < -0.4 is 0 Å². The van der Waals surface area contributed by atoms with Crippen molar-refractivity contribution in [1.82, 2.24) is 14.7 Å². The lowest BCUT2D eigenvalue weighted by Gasteiger charge is -2.50. The summed E-state index contributed by atoms with van der Waals surface area (Å²) in [7, 11) is 0. The van der Waals surface area contributed by atoms with E-state index < -0.39 is 6.35 Å². The van der Waals surface area contributed by atoms with Crippen molar-refractivity contribution in [2.75, 3.05) is 0 Å². The number of hydrogen-bond acceptors (Lipinski definition) is 3. The number of hydrogen-bond donors (Lipinski definition) is 1. The van der Waals surface area contributed by atoms with Crippen LogP contribution in [0.3, 0.4) is 0 Å². The lowest BCUT2D eigenvalue weighted by molar-refractivity contribution is -0.124. The highest BCUT2D eigenvalue weighted by atomic mass is 16.3. The number of aliphatic hydroxyl groups excluding tert-OH is 1. The third-order valence-electron chi connectivity index (χ3n) is 6.48. The van der Waals surface area contributed by atoms with Gasteiger partial charge in [0.15, 0.2) is 0 Å². The molecule has 0 aromatic heterocycles. The smallest absolute Gasteiger partial charge is 0.332 e. The van der Waals surface area contributed by atoms with Crippen molar-refractivity contribution in [3.8, 4) is 0 Å². The fraction of sp³-hybridized carbons (Fsp3) is 0.889. The average Bonchev–Trinajstić information content (AvgIpc) is 3.31. The van der Waals surface area contributed by atoms with Gasteiger partial charge >= 0.3 is 12.1 Å². The molecule has 3 aliphatic carbocycles. The molecule has 4 rings (SSSR count). The predicted octanol–water partition coefficient (Wildman–Crippen LogP) is 3.25. The highest BCUT2D eigenvalue weighted by Gasteiger charge is 2.51. The molecule has 0 spiro atoms. The second-order valence-electron chi connectivity index (χ2n) is 7.91. The average molecular weight is 335 g/mol. The van der Waals surface area contributed by atoms with Gasteiger partial charge in [-0.05, 0) is 38.5 Å². The molecule has 24 heavy (non-hydrogen) atoms. The van der Waals surface area contributed by atoms with Crippen LogP contribution in [0.1, 0.15) is 77.0 Å². The molecule has 4 amide bonds. The Labute approximate surface area is 143 Å². The first-order chi connectivity index (χ1) is 11.7. The zero-order valence-corrected chi connectivity index (χ0v) is 14.4. The van der Waals surface area contributed by atoms with Crippen molar-refractivity contribution in [3.05, 3.63) is 0 Å². The monoisotopic (exact) mass is 335 g/mol. The number of imide groups is 1. The maximum Gasteiger partial charge on any atom is 0.332 e. The molecular weight excluding hydrogens is 306 g/mol. The van der Waals surface area contributed by atoms with Crippen LogP contribution in [0.4, 0.5) is 9.59 Å². The van der Waals surface area contributed by atoms with Crippen molar-refractivity contribution in [2.45, 2.75) is 102 Å². The van der Waals surface area contributed by atoms with Gasteiger partial charge in [0, 0.05) is 18.1 Å². The summed E-state index contributed by atoms with van der Waals surface area (Å²) in [4.78, 5) is 31.0. The molecule has 0 aromatic carbocycles. The molecule has 0 unspecified atom stereocenters. The number of urea groups is 2. The number of carbonyl (C=O) groups excluding carboxylic acids is 2. The third-order valence-corrected chi connectivity index (χ3v) is 6.48. The molecular formula is C18H29N3O3. The highest BCUT2D eigenvalue weighted by Crippen LogP contribution is 2.36. The van der Waals surface area contributed by atoms with Crippen LogP contribution in [0.25, 0.3) is 0 Å². The number of aliphatic hydroxyl groups is 1. The van der Waals surface area contributed by atoms with Gasteiger partial charge in [0.05, 0.1) is 0 Å². The van der Waals surface area contributed by atoms with E-state index >= 15 is 0 Å². The normalized spacial score (nSPS) is 28.8. The minimum absolute atomic E-state index is 0.0188. The van der Waals surface area contributed by atoms with Crippen LogP contribution in [0, 0.1) is 0 Å². The Morgan fingerprint density at radius 1 is 0.625 bits per heavy atom. The molecule has 3 saturated carbocycles. The maximum absolute atomic E-state index is 13.1. The Balaban J connectivity index is 1.65. The van der Waals surface area contributed by atoms with Gasteiger partial charge in [-0.3, -0.25) is 9.80 Å². The van der Waals surface area contributed by atoms with E-state index in [1.807, 2.05) is 0 Å². The van der Waals surface area contributed by atoms with Crippen molar-refractivity contribution in [2.24, 2.45) is 0 Å². The summed E-state index contributed by atoms with van der Waals surface area (Å²) in [5, 5.41) is 10.9. The molecule has 6 heteroatoms. The summed E-state index contributed by atoms with van der Waals surface area (Å²) in [6.45, 7) is 0. The fourth-order valence-corrected chi connectivity index (χ4v) is 5.19. The zero-order chi connectivity index (χ0) is 16.7. The number of rotatable bonds is 3. The molecule has 1 heterocycles. The largest absolute Gasteiger partial charge is 0.356 e. The lowest BCUT2D eigenvalue weighted by Crippen LogP contribution is -2.71. The first kappa shape index (κ1) is 16.2. The topological polar surface area (TPSA) is 64.1 Å². The van der Waals surface area contributed by atoms with E-state index in [1.54, 1.807) is 9.80 Å². The Morgan fingerprint density at radius 3 is 1.33 bits per heavy atom. The standard InChI is InChI=1S/C18H29N3O3/c22-16-19(13-7-1-2-8-13)17(23)21(15-11-5-6-12-15)18(24)20(16)14-9-3-4-10-14/h13-16,22H,1-12H2. The van der Waals surface area contributed by atoms with Crippen molar-refractivity contribution < 1.29 is 14.7 Å². The summed E-state index contributed by atoms with van der Waals surface area (Å²) < 4.78 is 0. The maximum atomic E-state index is 13.1. The van der Waals surface area contributed by atoms with Gasteiger partial charge in [-0.15, -0.1) is 0 Å². The van der Waals surface area contributed by atoms with Crippen molar-refractivity contribution in [3.63, 3.8) is 0 Å². The van der Waals surface area contributed by atoms with Crippen molar-refractivity contribution >= 4 is 12.1 Å². The van der Waals surface area contributed by atoms with Crippen LogP contribution in [0.2, 0.25) is 0 Å². The van der Waals surface area contributed by atoms with Gasteiger partial charge in [0.2, 0.25) is 6.35 Å². The van der Waals surface area contributed by atoms with Gasteiger partial charge in [-0.25, -0.2) is 14.5 Å². The first-order valence-electron chi connectivity index (χ1n) is 9.80. The van der Waals surface area contributed by atoms with E-state index in [2.05, 4.69) is 0 Å². The van der Waals surface area contributed by atoms with Crippen LogP contribution >= 0.6 is 0 Å². The summed E-state index contributed by atoms with van der Waals surface area (Å²) in [6.07, 6.45) is 11.1. The Hall–Kier alpha value is -1.30. The lowest BCUT2D eigenvalue weighted by atomic mass is 10.1. The molecule has 1 saturated heterocycles. The van der Waals surface area contributed by atoms with Gasteiger partial charge in [0.25, 0.3) is 0 Å². The molecule has 4 aliphatic rings. The zero-order valence-electron chi connectivity index (χ0n) is 14.4. The first-order valence-corrected chi connectivity index (χ1v) is 9.80. The second-order valence-corrected chi connectivity index (χ2v) is 7.91. The highest BCUT2D eigenvalue weighted by molar-refractivity contribution is 5.96. The molecule has 1 aliphatic heterocycles. The summed E-state index contributed by atoms with van der Waals surface area (Å²) >= 11 is 0. The minimum Gasteiger partial charge on any atom is -0.356 e. The summed E-state index contributed by atoms with van der Waals surface area (Å²) in [6, 6.07) is -0.326. The van der Waals surface area contributed by atoms with Crippen molar-refractivity contribution in [1.29, 1.82) is 0 Å². The van der Waals surface area contributed by atoms with E-state index in [-0.39, 0.29) is 30.2 Å². The molecule has 4 fully saturated rings. The molecule has 6 nitrogen and oxygen atoms in total. The molecule has 1 N–H and O–H groups in total. The van der Waals surface area contributed by atoms with E-state index in [0.29, 0.717) is 0 Å². The van der Waals surface area contributed by atoms with Gasteiger partial charge in [-0.1, -0.05) is 38.5 Å². The van der Waals surface area contributed by atoms with E-state index in [1.165, 1.54) is 4.90 Å². The van der Waals surface area contributed by atoms with E-state index in [9.17, 15) is 14.7 Å². The van der Waals surface area contributed by atoms with Crippen LogP contribution in [-0.2, 0) is 0 Å². The number of nitrogens with zero attached hydrogens (tertiary/aromatic N) is 3. The Morgan fingerprint density at radius 2 is 0.958 bits per heavy atom. The van der Waals surface area contributed by atoms with Crippen LogP contribution in [0.5, 0.6) is 0 Å². The SMILES string of the molecule is O=C1N(C2CCCC2)C(=O)N(C2CCCC2)C(O)N1C1CCCC1. The van der Waals surface area contributed by atoms with Gasteiger partial charge in [0.1, 0.15) is 0 Å². The van der Waals surface area contributed by atoms with Gasteiger partial charge in [-0.2, -0.15) is 0 Å². The van der Waals surface area contributed by atoms with E-state index in [4.69, 9.17) is 0 Å².